The molecule has 3 aromatic rings. The molecule has 2 bridgehead atoms. The number of aromatic nitrogens is 2. The van der Waals surface area contributed by atoms with Gasteiger partial charge in [0.2, 0.25) is 0 Å². The summed E-state index contributed by atoms with van der Waals surface area (Å²) in [7, 11) is 0. The minimum Gasteiger partial charge on any atom is -0.459 e. The Morgan fingerprint density at radius 3 is 2.50 bits per heavy atom. The molecule has 0 saturated carbocycles. The van der Waals surface area contributed by atoms with E-state index < -0.39 is 17.7 Å². The minimum absolute atomic E-state index is 0.0265. The summed E-state index contributed by atoms with van der Waals surface area (Å²) in [6, 6.07) is 2.83. The number of hydrogen-bond acceptors (Lipinski definition) is 10. The van der Waals surface area contributed by atoms with Crippen molar-refractivity contribution in [3.8, 4) is 16.3 Å². The van der Waals surface area contributed by atoms with E-state index in [2.05, 4.69) is 14.7 Å². The van der Waals surface area contributed by atoms with Gasteiger partial charge in [0.1, 0.15) is 10.6 Å². The van der Waals surface area contributed by atoms with E-state index in [4.69, 9.17) is 13.9 Å². The number of piperazine rings is 1. The summed E-state index contributed by atoms with van der Waals surface area (Å²) in [6.07, 6.45) is -1.36. The van der Waals surface area contributed by atoms with Crippen LogP contribution in [-0.2, 0) is 14.3 Å². The highest BCUT2D eigenvalue weighted by atomic mass is 32.1. The molecule has 1 aromatic carbocycles. The predicted molar refractivity (Wildman–Crippen MR) is 134 cm³/mol. The second-order valence-corrected chi connectivity index (χ2v) is 11.0. The highest BCUT2D eigenvalue weighted by molar-refractivity contribution is 7.13. The van der Waals surface area contributed by atoms with Gasteiger partial charge in [0.25, 0.3) is 6.01 Å². The van der Waals surface area contributed by atoms with E-state index in [1.54, 1.807) is 16.5 Å². The molecule has 13 heteroatoms. The lowest BCUT2D eigenvalue weighted by Gasteiger charge is -2.40. The number of carbonyl (C=O) groups excluding carboxylic acids is 2. The Kier molecular flexibility index (Phi) is 6.66. The number of anilines is 1. The topological polar surface area (TPSA) is 107 Å². The second kappa shape index (κ2) is 9.68. The molecule has 0 aliphatic carbocycles. The number of halogens is 2. The van der Waals surface area contributed by atoms with E-state index in [0.29, 0.717) is 23.7 Å². The van der Waals surface area contributed by atoms with Gasteiger partial charge in [-0.25, -0.2) is 14.6 Å². The summed E-state index contributed by atoms with van der Waals surface area (Å²) in [5, 5.41) is 2.39. The molecule has 0 spiro atoms. The first-order chi connectivity index (χ1) is 18.0. The molecule has 2 fully saturated rings. The van der Waals surface area contributed by atoms with Gasteiger partial charge in [0, 0.05) is 24.7 Å². The molecule has 4 heterocycles. The fraction of sp³-hybridized carbons (Fsp3) is 0.520. The predicted octanol–water partition coefficient (Wildman–Crippen LogP) is 5.07. The van der Waals surface area contributed by atoms with Crippen LogP contribution in [0.2, 0.25) is 0 Å². The van der Waals surface area contributed by atoms with Gasteiger partial charge in [-0.3, -0.25) is 4.90 Å². The Morgan fingerprint density at radius 1 is 1.18 bits per heavy atom. The van der Waals surface area contributed by atoms with Crippen molar-refractivity contribution < 1.29 is 37.0 Å². The third-order valence-electron chi connectivity index (χ3n) is 6.27. The zero-order chi connectivity index (χ0) is 27.2. The molecule has 1 amide bonds. The molecule has 0 radical (unpaired) electrons. The van der Waals surface area contributed by atoms with Crippen molar-refractivity contribution in [1.29, 1.82) is 0 Å². The molecule has 2 unspecified atom stereocenters. The van der Waals surface area contributed by atoms with Crippen LogP contribution in [0.4, 0.5) is 19.6 Å². The lowest BCUT2D eigenvalue weighted by Crippen LogP contribution is -2.56. The van der Waals surface area contributed by atoms with E-state index >= 15 is 0 Å². The van der Waals surface area contributed by atoms with E-state index in [0.717, 1.165) is 12.8 Å². The zero-order valence-corrected chi connectivity index (χ0v) is 22.2. The summed E-state index contributed by atoms with van der Waals surface area (Å²) in [6.45, 7) is 7.55. The molecule has 2 atom stereocenters. The first-order valence-electron chi connectivity index (χ1n) is 12.3. The monoisotopic (exact) mass is 550 g/mol. The lowest BCUT2D eigenvalue weighted by molar-refractivity contribution is -0.216. The number of rotatable bonds is 6. The molecular formula is C25H28F2N4O6S. The highest BCUT2D eigenvalue weighted by Crippen LogP contribution is 2.41. The summed E-state index contributed by atoms with van der Waals surface area (Å²) in [5.74, 6) is -2.13. The summed E-state index contributed by atoms with van der Waals surface area (Å²) < 4.78 is 49.9. The van der Waals surface area contributed by atoms with Crippen LogP contribution >= 0.6 is 11.3 Å². The fourth-order valence-electron chi connectivity index (χ4n) is 4.78. The molecule has 5 rings (SSSR count). The van der Waals surface area contributed by atoms with Gasteiger partial charge >= 0.3 is 18.2 Å². The van der Waals surface area contributed by atoms with Gasteiger partial charge in [-0.2, -0.15) is 13.8 Å². The first-order valence-corrected chi connectivity index (χ1v) is 13.2. The van der Waals surface area contributed by atoms with Crippen LogP contribution in [-0.4, -0.2) is 70.4 Å². The number of benzene rings is 1. The maximum Gasteiger partial charge on any atom is 0.502 e. The van der Waals surface area contributed by atoms with Crippen LogP contribution in [0.15, 0.2) is 28.1 Å². The van der Waals surface area contributed by atoms with Crippen LogP contribution in [0.3, 0.4) is 0 Å². The van der Waals surface area contributed by atoms with Crippen LogP contribution in [0, 0.1) is 0 Å². The summed E-state index contributed by atoms with van der Waals surface area (Å²) >= 11 is 1.35. The van der Waals surface area contributed by atoms with Crippen molar-refractivity contribution in [2.45, 2.75) is 64.3 Å². The summed E-state index contributed by atoms with van der Waals surface area (Å²) in [5.41, 5.74) is 0.172. The van der Waals surface area contributed by atoms with Crippen molar-refractivity contribution in [2.24, 2.45) is 0 Å². The quantitative estimate of drug-likeness (QED) is 0.389. The number of alkyl halides is 2. The Labute approximate surface area is 221 Å². The Hall–Kier alpha value is -3.48. The number of ether oxygens (including phenoxy) is 3. The van der Waals surface area contributed by atoms with Crippen molar-refractivity contribution in [3.63, 3.8) is 0 Å². The van der Waals surface area contributed by atoms with E-state index in [1.807, 2.05) is 25.7 Å². The van der Waals surface area contributed by atoms with Gasteiger partial charge < -0.3 is 23.5 Å². The molecule has 2 aliphatic rings. The number of hydrogen-bond donors (Lipinski definition) is 0. The van der Waals surface area contributed by atoms with E-state index in [9.17, 15) is 18.4 Å². The van der Waals surface area contributed by atoms with Crippen molar-refractivity contribution in [2.75, 3.05) is 24.6 Å². The van der Waals surface area contributed by atoms with Gasteiger partial charge in [0.15, 0.2) is 16.8 Å². The maximum absolute atomic E-state index is 14.5. The molecule has 204 valence electrons. The number of thiazole rings is 1. The van der Waals surface area contributed by atoms with Gasteiger partial charge in [-0.1, -0.05) is 0 Å². The molecule has 2 aliphatic heterocycles. The molecule has 2 aromatic heterocycles. The fourth-order valence-corrected chi connectivity index (χ4v) is 5.44. The Morgan fingerprint density at radius 2 is 1.89 bits per heavy atom. The average molecular weight is 551 g/mol. The number of esters is 1. The third kappa shape index (κ3) is 4.98. The van der Waals surface area contributed by atoms with Crippen molar-refractivity contribution in [3.05, 3.63) is 23.7 Å². The van der Waals surface area contributed by atoms with E-state index in [1.165, 1.54) is 30.4 Å². The normalized spacial score (nSPS) is 19.6. The molecule has 10 nitrogen and oxygen atoms in total. The second-order valence-electron chi connectivity index (χ2n) is 10.1. The van der Waals surface area contributed by atoms with Crippen molar-refractivity contribution >= 4 is 40.5 Å². The number of oxazole rings is 1. The minimum atomic E-state index is -4.22. The third-order valence-corrected chi connectivity index (χ3v) is 7.07. The summed E-state index contributed by atoms with van der Waals surface area (Å²) in [4.78, 5) is 37.1. The van der Waals surface area contributed by atoms with Crippen LogP contribution in [0.5, 0.6) is 5.75 Å². The molecule has 38 heavy (non-hydrogen) atoms. The number of fused-ring (bicyclic) bond motifs is 3. The first kappa shape index (κ1) is 26.1. The van der Waals surface area contributed by atoms with Crippen LogP contribution < -0.4 is 9.64 Å². The van der Waals surface area contributed by atoms with E-state index in [-0.39, 0.29) is 47.6 Å². The van der Waals surface area contributed by atoms with Crippen molar-refractivity contribution in [1.82, 2.24) is 14.9 Å². The standard InChI is InChI=1S/C25H28F2N4O6S/c1-5-34-21(32)25(26,27)36-17-9-8-16(20-28-10-11-38-20)19-18(17)29-22(35-19)30-12-14-6-7-15(13-30)31(14)23(33)37-24(2,3)4/h8-11,14-15H,5-7,12-13H2,1-4H3. The van der Waals surface area contributed by atoms with Gasteiger partial charge in [0.05, 0.1) is 24.3 Å². The zero-order valence-electron chi connectivity index (χ0n) is 21.4. The number of carbonyl (C=O) groups is 2. The molecular weight excluding hydrogens is 522 g/mol. The SMILES string of the molecule is CCOC(=O)C(F)(F)Oc1ccc(-c2nccs2)c2oc(N3CC4CCC(C3)N4C(=O)OC(C)(C)C)nc12. The van der Waals surface area contributed by atoms with Gasteiger partial charge in [-0.05, 0) is 52.7 Å². The Bertz CT molecular complexity index is 1330. The lowest BCUT2D eigenvalue weighted by atomic mass is 10.2. The number of nitrogens with zero attached hydrogens (tertiary/aromatic N) is 4. The molecule has 0 N–H and O–H groups in total. The number of amides is 1. The Balaban J connectivity index is 1.47. The largest absolute Gasteiger partial charge is 0.502 e. The van der Waals surface area contributed by atoms with Gasteiger partial charge in [-0.15, -0.1) is 11.3 Å². The maximum atomic E-state index is 14.5. The van der Waals surface area contributed by atoms with Crippen LogP contribution in [0.1, 0.15) is 40.5 Å². The highest BCUT2D eigenvalue weighted by Gasteiger charge is 2.47. The van der Waals surface area contributed by atoms with Crippen LogP contribution in [0.25, 0.3) is 21.7 Å². The molecule has 2 saturated heterocycles. The smallest absolute Gasteiger partial charge is 0.459 e. The average Bonchev–Trinajstić information content (AvgIpc) is 3.57.